The molecule has 0 radical (unpaired) electrons. The van der Waals surface area contributed by atoms with Crippen LogP contribution in [0.15, 0.2) is 18.6 Å². The third-order valence-electron chi connectivity index (χ3n) is 11.4. The number of nitrogens with zero attached hydrogens (tertiary/aromatic N) is 3. The van der Waals surface area contributed by atoms with Crippen molar-refractivity contribution >= 4 is 34.9 Å². The van der Waals surface area contributed by atoms with Crippen LogP contribution in [0.1, 0.15) is 121 Å². The summed E-state index contributed by atoms with van der Waals surface area (Å²) in [6.45, 7) is 5.76. The van der Waals surface area contributed by atoms with Crippen molar-refractivity contribution in [3.05, 3.63) is 24.3 Å². The fourth-order valence-electron chi connectivity index (χ4n) is 8.54. The van der Waals surface area contributed by atoms with Crippen LogP contribution in [0.25, 0.3) is 0 Å². The van der Waals surface area contributed by atoms with Crippen LogP contribution < -0.4 is 5.32 Å². The van der Waals surface area contributed by atoms with Gasteiger partial charge in [0.15, 0.2) is 17.3 Å². The number of ketones is 4. The summed E-state index contributed by atoms with van der Waals surface area (Å²) in [5.41, 5.74) is -0.611. The first-order chi connectivity index (χ1) is 23.7. The Morgan fingerprint density at radius 2 is 1.64 bits per heavy atom. The number of alkyl halides is 2. The molecule has 50 heavy (non-hydrogen) atoms. The van der Waals surface area contributed by atoms with Crippen molar-refractivity contribution in [3.8, 4) is 0 Å². The number of halogens is 2. The van der Waals surface area contributed by atoms with Gasteiger partial charge in [-0.15, -0.1) is 0 Å². The molecule has 4 aliphatic rings. The fraction of sp³-hybridized carbons (Fsp3) is 0.737. The van der Waals surface area contributed by atoms with E-state index in [2.05, 4.69) is 15.3 Å². The molecule has 12 heteroatoms. The van der Waals surface area contributed by atoms with Crippen LogP contribution in [0.3, 0.4) is 0 Å². The van der Waals surface area contributed by atoms with E-state index < -0.39 is 77.8 Å². The van der Waals surface area contributed by atoms with Gasteiger partial charge in [0.25, 0.3) is 0 Å². The van der Waals surface area contributed by atoms with Crippen molar-refractivity contribution in [1.82, 2.24) is 20.2 Å². The van der Waals surface area contributed by atoms with Gasteiger partial charge in [0, 0.05) is 56.5 Å². The molecule has 274 valence electrons. The van der Waals surface area contributed by atoms with Crippen molar-refractivity contribution in [3.63, 3.8) is 0 Å². The highest BCUT2D eigenvalue weighted by Crippen LogP contribution is 2.44. The fourth-order valence-corrected chi connectivity index (χ4v) is 8.54. The molecule has 1 aromatic rings. The summed E-state index contributed by atoms with van der Waals surface area (Å²) in [6.07, 6.45) is 8.44. The third-order valence-corrected chi connectivity index (χ3v) is 11.4. The normalized spacial score (nSPS) is 24.4. The number of amides is 2. The number of aromatic nitrogens is 2. The smallest absolute Gasteiger partial charge is 0.246 e. The number of nitrogens with one attached hydrogen (secondary N) is 1. The summed E-state index contributed by atoms with van der Waals surface area (Å²) in [6, 6.07) is -1.98. The number of likely N-dealkylation sites (tertiary alicyclic amines) is 1. The SMILES string of the molecule is CC(C)(C)[C@H](NC(=O)[C@H](CC(=O)c1cnccn1)C1CCCCC1)C(=O)N1C[C@@H]2CCC[C@@H]2[C@H]1C(=O)CC(CC(F)F)C(=O)C(=O)CC1CC1. The lowest BCUT2D eigenvalue weighted by Crippen LogP contribution is -2.58. The van der Waals surface area contributed by atoms with Gasteiger partial charge >= 0.3 is 0 Å². The Kier molecular flexibility index (Phi) is 12.3. The van der Waals surface area contributed by atoms with E-state index in [1.807, 2.05) is 20.8 Å². The number of rotatable bonds is 16. The molecule has 2 heterocycles. The van der Waals surface area contributed by atoms with Crippen molar-refractivity contribution < 1.29 is 37.5 Å². The summed E-state index contributed by atoms with van der Waals surface area (Å²) in [5, 5.41) is 3.01. The van der Waals surface area contributed by atoms with E-state index in [4.69, 9.17) is 0 Å². The average Bonchev–Trinajstić information content (AvgIpc) is 3.65. The van der Waals surface area contributed by atoms with Crippen LogP contribution in [0.2, 0.25) is 0 Å². The molecule has 10 nitrogen and oxygen atoms in total. The van der Waals surface area contributed by atoms with Gasteiger partial charge in [0.1, 0.15) is 11.7 Å². The van der Waals surface area contributed by atoms with Crippen molar-refractivity contribution in [1.29, 1.82) is 0 Å². The summed E-state index contributed by atoms with van der Waals surface area (Å²) in [4.78, 5) is 91.5. The highest BCUT2D eigenvalue weighted by atomic mass is 19.3. The van der Waals surface area contributed by atoms with Gasteiger partial charge in [-0.1, -0.05) is 46.5 Å². The van der Waals surface area contributed by atoms with Gasteiger partial charge in [-0.3, -0.25) is 33.8 Å². The van der Waals surface area contributed by atoms with Crippen LogP contribution in [0.4, 0.5) is 8.78 Å². The minimum Gasteiger partial charge on any atom is -0.344 e. The first-order valence-electron chi connectivity index (χ1n) is 18.5. The van der Waals surface area contributed by atoms with Crippen LogP contribution in [0.5, 0.6) is 0 Å². The van der Waals surface area contributed by atoms with Crippen LogP contribution in [-0.2, 0) is 24.0 Å². The predicted octanol–water partition coefficient (Wildman–Crippen LogP) is 5.57. The van der Waals surface area contributed by atoms with Gasteiger partial charge in [0.2, 0.25) is 24.0 Å². The molecule has 0 bridgehead atoms. The zero-order chi connectivity index (χ0) is 36.2. The van der Waals surface area contributed by atoms with Crippen LogP contribution >= 0.6 is 0 Å². The molecule has 3 saturated carbocycles. The Morgan fingerprint density at radius 1 is 0.920 bits per heavy atom. The van der Waals surface area contributed by atoms with E-state index in [-0.39, 0.29) is 54.5 Å². The van der Waals surface area contributed by atoms with E-state index in [0.29, 0.717) is 6.42 Å². The maximum atomic E-state index is 14.6. The zero-order valence-corrected chi connectivity index (χ0v) is 29.6. The molecule has 5 rings (SSSR count). The van der Waals surface area contributed by atoms with E-state index in [1.54, 1.807) is 0 Å². The highest BCUT2D eigenvalue weighted by Gasteiger charge is 2.52. The topological polar surface area (TPSA) is 143 Å². The Hall–Kier alpha value is -3.44. The van der Waals surface area contributed by atoms with Crippen molar-refractivity contribution in [2.75, 3.05) is 6.54 Å². The molecule has 4 fully saturated rings. The lowest BCUT2D eigenvalue weighted by Gasteiger charge is -2.38. The van der Waals surface area contributed by atoms with E-state index >= 15 is 0 Å². The summed E-state index contributed by atoms with van der Waals surface area (Å²) in [7, 11) is 0. The molecule has 1 N–H and O–H groups in total. The maximum Gasteiger partial charge on any atom is 0.246 e. The van der Waals surface area contributed by atoms with E-state index in [0.717, 1.165) is 57.8 Å². The lowest BCUT2D eigenvalue weighted by molar-refractivity contribution is -0.146. The van der Waals surface area contributed by atoms with E-state index in [1.165, 1.54) is 23.5 Å². The molecule has 3 aliphatic carbocycles. The maximum absolute atomic E-state index is 14.6. The first-order valence-corrected chi connectivity index (χ1v) is 18.5. The standard InChI is InChI=1S/C38H52F2N4O6/c1-38(2,3)35(43-36(49)27(23-8-5-4-6-9-23)19-29(45)28-20-41-14-15-42-28)37(50)44-21-24-10-7-11-26(24)33(44)30(46)17-25(18-32(39)40)34(48)31(47)16-22-12-13-22/h14-15,20,22-27,32-33,35H,4-13,16-19,21H2,1-3H3,(H,43,49)/t24-,25?,26-,27+,33-,35+/m0/s1. The highest BCUT2D eigenvalue weighted by molar-refractivity contribution is 6.38. The molecule has 2 amide bonds. The van der Waals surface area contributed by atoms with Crippen LogP contribution in [0, 0.1) is 40.9 Å². The summed E-state index contributed by atoms with van der Waals surface area (Å²) in [5.74, 6) is -5.49. The second kappa shape index (κ2) is 16.3. The Bertz CT molecular complexity index is 1420. The molecular weight excluding hydrogens is 646 g/mol. The number of carbonyl (C=O) groups excluding carboxylic acids is 6. The summed E-state index contributed by atoms with van der Waals surface area (Å²) >= 11 is 0. The van der Waals surface area contributed by atoms with Gasteiger partial charge in [-0.05, 0) is 67.6 Å². The van der Waals surface area contributed by atoms with Gasteiger partial charge in [-0.2, -0.15) is 0 Å². The molecule has 1 aromatic heterocycles. The number of Topliss-reactive ketones (excluding diaryl/α,β-unsaturated/α-hetero) is 4. The molecule has 6 atom stereocenters. The molecule has 0 spiro atoms. The lowest BCUT2D eigenvalue weighted by atomic mass is 9.76. The zero-order valence-electron chi connectivity index (χ0n) is 29.6. The van der Waals surface area contributed by atoms with Gasteiger partial charge in [0.05, 0.1) is 12.2 Å². The predicted molar refractivity (Wildman–Crippen MR) is 180 cm³/mol. The Morgan fingerprint density at radius 3 is 2.26 bits per heavy atom. The van der Waals surface area contributed by atoms with Crippen LogP contribution in [-0.4, -0.2) is 74.9 Å². The first kappa shape index (κ1) is 37.8. The second-order valence-corrected chi connectivity index (χ2v) is 16.2. The third kappa shape index (κ3) is 9.26. The Labute approximate surface area is 293 Å². The monoisotopic (exact) mass is 698 g/mol. The van der Waals surface area contributed by atoms with Gasteiger partial charge in [-0.25, -0.2) is 13.8 Å². The van der Waals surface area contributed by atoms with Gasteiger partial charge < -0.3 is 10.2 Å². The molecular formula is C38H52F2N4O6. The minimum atomic E-state index is -2.87. The second-order valence-electron chi connectivity index (χ2n) is 16.2. The Balaban J connectivity index is 1.36. The molecule has 1 aliphatic heterocycles. The quantitative estimate of drug-likeness (QED) is 0.174. The number of hydrogen-bond acceptors (Lipinski definition) is 8. The molecule has 1 unspecified atom stereocenters. The number of fused-ring (bicyclic) bond motifs is 1. The van der Waals surface area contributed by atoms with Crippen molar-refractivity contribution in [2.45, 2.75) is 129 Å². The minimum absolute atomic E-state index is 0.0185. The number of hydrogen-bond donors (Lipinski definition) is 1. The molecule has 1 saturated heterocycles. The van der Waals surface area contributed by atoms with Crippen molar-refractivity contribution in [2.24, 2.45) is 40.9 Å². The largest absolute Gasteiger partial charge is 0.344 e. The molecule has 0 aromatic carbocycles. The number of carbonyl (C=O) groups is 6. The summed E-state index contributed by atoms with van der Waals surface area (Å²) < 4.78 is 27.3. The van der Waals surface area contributed by atoms with E-state index in [9.17, 15) is 37.5 Å². The average molecular weight is 699 g/mol.